The summed E-state index contributed by atoms with van der Waals surface area (Å²) in [6.45, 7) is 10.0. The number of benzene rings is 1. The first kappa shape index (κ1) is 17.5. The van der Waals surface area contributed by atoms with Crippen molar-refractivity contribution in [2.75, 3.05) is 27.2 Å². The minimum Gasteiger partial charge on any atom is -0.377 e. The molecule has 0 aliphatic carbocycles. The second kappa shape index (κ2) is 7.46. The summed E-state index contributed by atoms with van der Waals surface area (Å²) in [7, 11) is 3.50. The van der Waals surface area contributed by atoms with E-state index in [0.29, 0.717) is 6.54 Å². The van der Waals surface area contributed by atoms with Crippen molar-refractivity contribution in [2.24, 2.45) is 4.99 Å². The van der Waals surface area contributed by atoms with Crippen LogP contribution >= 0.6 is 0 Å². The summed E-state index contributed by atoms with van der Waals surface area (Å²) in [5.41, 5.74) is 1.13. The Balaban J connectivity index is 2.56. The van der Waals surface area contributed by atoms with E-state index in [1.807, 2.05) is 19.9 Å². The quantitative estimate of drug-likeness (QED) is 0.625. The first-order valence-electron chi connectivity index (χ1n) is 7.36. The van der Waals surface area contributed by atoms with Crippen LogP contribution in [-0.4, -0.2) is 38.8 Å². The summed E-state index contributed by atoms with van der Waals surface area (Å²) in [5, 5.41) is 6.69. The van der Waals surface area contributed by atoms with E-state index in [-0.39, 0.29) is 11.0 Å². The number of hydrogen-bond donors (Lipinski definition) is 2. The zero-order valence-electron chi connectivity index (χ0n) is 14.2. The summed E-state index contributed by atoms with van der Waals surface area (Å²) < 4.78 is 5.40. The Hall–Kier alpha value is -1.55. The van der Waals surface area contributed by atoms with Crippen molar-refractivity contribution >= 4 is 5.96 Å². The van der Waals surface area contributed by atoms with Crippen molar-refractivity contribution in [1.82, 2.24) is 10.6 Å². The molecule has 4 nitrogen and oxygen atoms in total. The van der Waals surface area contributed by atoms with Crippen LogP contribution in [0.3, 0.4) is 0 Å². The average molecular weight is 291 g/mol. The lowest BCUT2D eigenvalue weighted by Gasteiger charge is -2.28. The predicted octanol–water partition coefficient (Wildman–Crippen LogP) is 2.55. The van der Waals surface area contributed by atoms with E-state index in [2.05, 4.69) is 53.7 Å². The van der Waals surface area contributed by atoms with Crippen molar-refractivity contribution < 1.29 is 4.74 Å². The van der Waals surface area contributed by atoms with Crippen LogP contribution < -0.4 is 10.6 Å². The van der Waals surface area contributed by atoms with Gasteiger partial charge in [-0.1, -0.05) is 44.2 Å². The molecule has 4 heteroatoms. The summed E-state index contributed by atoms with van der Waals surface area (Å²) >= 11 is 0. The van der Waals surface area contributed by atoms with Crippen molar-refractivity contribution in [3.05, 3.63) is 35.9 Å². The van der Waals surface area contributed by atoms with Crippen molar-refractivity contribution in [2.45, 2.75) is 38.7 Å². The number of aliphatic imine (C=N–C) groups is 1. The van der Waals surface area contributed by atoms with Gasteiger partial charge in [0.1, 0.15) is 0 Å². The highest BCUT2D eigenvalue weighted by Crippen LogP contribution is 2.21. The molecule has 0 bridgehead atoms. The first-order chi connectivity index (χ1) is 9.80. The summed E-state index contributed by atoms with van der Waals surface area (Å²) in [6.07, 6.45) is 0. The summed E-state index contributed by atoms with van der Waals surface area (Å²) in [4.78, 5) is 4.26. The molecule has 0 aromatic heterocycles. The molecular formula is C17H29N3O. The fraction of sp³-hybridized carbons (Fsp3) is 0.588. The molecule has 1 rings (SSSR count). The van der Waals surface area contributed by atoms with Gasteiger partial charge in [-0.3, -0.25) is 4.99 Å². The number of nitrogens with zero attached hydrogens (tertiary/aromatic N) is 1. The van der Waals surface area contributed by atoms with Gasteiger partial charge in [-0.15, -0.1) is 0 Å². The second-order valence-electron chi connectivity index (χ2n) is 6.49. The standard InChI is InChI=1S/C17H29N3O/c1-16(2,14-10-8-7-9-11-14)12-19-15(18-5)20-13-17(3,4)21-6/h7-11H,12-13H2,1-6H3,(H2,18,19,20). The number of nitrogens with one attached hydrogen (secondary N) is 2. The van der Waals surface area contributed by atoms with Crippen LogP contribution in [0, 0.1) is 0 Å². The van der Waals surface area contributed by atoms with E-state index in [1.165, 1.54) is 5.56 Å². The van der Waals surface area contributed by atoms with E-state index >= 15 is 0 Å². The summed E-state index contributed by atoms with van der Waals surface area (Å²) in [6, 6.07) is 10.5. The minimum absolute atomic E-state index is 0.0374. The maximum Gasteiger partial charge on any atom is 0.191 e. The van der Waals surface area contributed by atoms with Gasteiger partial charge < -0.3 is 15.4 Å². The Morgan fingerprint density at radius 2 is 1.62 bits per heavy atom. The molecule has 0 saturated carbocycles. The summed E-state index contributed by atoms with van der Waals surface area (Å²) in [5.74, 6) is 0.795. The minimum atomic E-state index is -0.216. The number of ether oxygens (including phenoxy) is 1. The van der Waals surface area contributed by atoms with Gasteiger partial charge in [0, 0.05) is 32.7 Å². The Labute approximate surface area is 129 Å². The molecule has 0 atom stereocenters. The van der Waals surface area contributed by atoms with Crippen LogP contribution in [0.15, 0.2) is 35.3 Å². The van der Waals surface area contributed by atoms with Crippen LogP contribution in [0.2, 0.25) is 0 Å². The zero-order chi connectivity index (χ0) is 15.9. The molecule has 0 spiro atoms. The van der Waals surface area contributed by atoms with Gasteiger partial charge in [0.05, 0.1) is 5.60 Å². The molecule has 1 aromatic rings. The molecular weight excluding hydrogens is 262 g/mol. The largest absolute Gasteiger partial charge is 0.377 e. The van der Waals surface area contributed by atoms with Crippen LogP contribution in [0.25, 0.3) is 0 Å². The van der Waals surface area contributed by atoms with Crippen LogP contribution in [-0.2, 0) is 10.2 Å². The van der Waals surface area contributed by atoms with E-state index in [0.717, 1.165) is 12.5 Å². The molecule has 0 unspecified atom stereocenters. The average Bonchev–Trinajstić information content (AvgIpc) is 2.48. The number of guanidine groups is 1. The third-order valence-electron chi connectivity index (χ3n) is 3.71. The van der Waals surface area contributed by atoms with Gasteiger partial charge in [-0.05, 0) is 19.4 Å². The van der Waals surface area contributed by atoms with E-state index in [4.69, 9.17) is 4.74 Å². The van der Waals surface area contributed by atoms with Gasteiger partial charge in [-0.2, -0.15) is 0 Å². The molecule has 0 amide bonds. The Kier molecular flexibility index (Phi) is 6.21. The molecule has 0 aliphatic rings. The lowest BCUT2D eigenvalue weighted by molar-refractivity contribution is 0.0268. The third-order valence-corrected chi connectivity index (χ3v) is 3.71. The monoisotopic (exact) mass is 291 g/mol. The molecule has 0 fully saturated rings. The van der Waals surface area contributed by atoms with Crippen LogP contribution in [0.4, 0.5) is 0 Å². The molecule has 0 aliphatic heterocycles. The lowest BCUT2D eigenvalue weighted by atomic mass is 9.85. The van der Waals surface area contributed by atoms with Gasteiger partial charge in [0.25, 0.3) is 0 Å². The Bertz CT molecular complexity index is 452. The number of rotatable bonds is 6. The normalized spacial score (nSPS) is 13.1. The predicted molar refractivity (Wildman–Crippen MR) is 89.9 cm³/mol. The van der Waals surface area contributed by atoms with Crippen LogP contribution in [0.5, 0.6) is 0 Å². The molecule has 118 valence electrons. The van der Waals surface area contributed by atoms with E-state index < -0.39 is 0 Å². The molecule has 0 radical (unpaired) electrons. The first-order valence-corrected chi connectivity index (χ1v) is 7.36. The smallest absolute Gasteiger partial charge is 0.191 e. The fourth-order valence-electron chi connectivity index (χ4n) is 1.89. The highest BCUT2D eigenvalue weighted by molar-refractivity contribution is 5.79. The van der Waals surface area contributed by atoms with Gasteiger partial charge in [0.2, 0.25) is 0 Å². The van der Waals surface area contributed by atoms with E-state index in [1.54, 1.807) is 14.2 Å². The fourth-order valence-corrected chi connectivity index (χ4v) is 1.89. The molecule has 0 saturated heterocycles. The Morgan fingerprint density at radius 3 is 2.14 bits per heavy atom. The second-order valence-corrected chi connectivity index (χ2v) is 6.49. The Morgan fingerprint density at radius 1 is 1.05 bits per heavy atom. The van der Waals surface area contributed by atoms with Crippen LogP contribution in [0.1, 0.15) is 33.3 Å². The van der Waals surface area contributed by atoms with E-state index in [9.17, 15) is 0 Å². The molecule has 2 N–H and O–H groups in total. The molecule has 21 heavy (non-hydrogen) atoms. The maximum absolute atomic E-state index is 5.40. The topological polar surface area (TPSA) is 45.7 Å². The third kappa shape index (κ3) is 5.76. The van der Waals surface area contributed by atoms with Crippen molar-refractivity contribution in [3.8, 4) is 0 Å². The molecule has 1 aromatic carbocycles. The molecule has 0 heterocycles. The van der Waals surface area contributed by atoms with Gasteiger partial charge in [0.15, 0.2) is 5.96 Å². The lowest BCUT2D eigenvalue weighted by Crippen LogP contribution is -2.48. The highest BCUT2D eigenvalue weighted by atomic mass is 16.5. The van der Waals surface area contributed by atoms with Gasteiger partial charge >= 0.3 is 0 Å². The zero-order valence-corrected chi connectivity index (χ0v) is 14.2. The van der Waals surface area contributed by atoms with Crippen molar-refractivity contribution in [1.29, 1.82) is 0 Å². The number of hydrogen-bond acceptors (Lipinski definition) is 2. The maximum atomic E-state index is 5.40. The highest BCUT2D eigenvalue weighted by Gasteiger charge is 2.21. The number of methoxy groups -OCH3 is 1. The van der Waals surface area contributed by atoms with Crippen molar-refractivity contribution in [3.63, 3.8) is 0 Å². The SMILES string of the molecule is CN=C(NCC(C)(C)OC)NCC(C)(C)c1ccccc1. The van der Waals surface area contributed by atoms with Gasteiger partial charge in [-0.25, -0.2) is 0 Å².